The third-order valence-electron chi connectivity index (χ3n) is 8.77. The molecular weight excluding hydrogens is 603 g/mol. The van der Waals surface area contributed by atoms with Gasteiger partial charge < -0.3 is 9.47 Å². The fourth-order valence-electron chi connectivity index (χ4n) is 6.51. The van der Waals surface area contributed by atoms with Crippen LogP contribution in [-0.4, -0.2) is 20.4 Å². The molecule has 0 aromatic heterocycles. The third kappa shape index (κ3) is 7.10. The maximum absolute atomic E-state index is 5.28. The summed E-state index contributed by atoms with van der Waals surface area (Å²) in [5.41, 5.74) is 5.36. The van der Waals surface area contributed by atoms with Crippen LogP contribution >= 0.6 is 0 Å². The van der Waals surface area contributed by atoms with Crippen molar-refractivity contribution in [3.05, 3.63) is 200 Å². The first-order chi connectivity index (χ1) is 23.7. The molecule has 0 atom stereocenters. The Kier molecular flexibility index (Phi) is 10.8. The van der Waals surface area contributed by atoms with Crippen LogP contribution in [0.25, 0.3) is 0 Å². The van der Waals surface area contributed by atoms with Crippen LogP contribution in [0.2, 0.25) is 0 Å². The van der Waals surface area contributed by atoms with Gasteiger partial charge in [-0.3, -0.25) is 0 Å². The van der Waals surface area contributed by atoms with E-state index in [0.29, 0.717) is 0 Å². The van der Waals surface area contributed by atoms with Gasteiger partial charge in [-0.1, -0.05) is 140 Å². The van der Waals surface area contributed by atoms with Crippen LogP contribution in [0, 0.1) is 0 Å². The molecule has 2 nitrogen and oxygen atoms in total. The topological polar surface area (TPSA) is 18.5 Å². The molecule has 0 aliphatic heterocycles. The van der Waals surface area contributed by atoms with E-state index in [4.69, 9.17) is 9.47 Å². The molecule has 48 heavy (non-hydrogen) atoms. The van der Waals surface area contributed by atoms with Gasteiger partial charge in [0.25, 0.3) is 0 Å². The minimum absolute atomic E-state index is 0.146. The highest BCUT2D eigenvalue weighted by molar-refractivity contribution is 7.97. The molecule has 0 amide bonds. The average Bonchev–Trinajstić information content (AvgIpc) is 3.18. The zero-order chi connectivity index (χ0) is 33.0. The second-order valence-corrected chi connectivity index (χ2v) is 13.5. The van der Waals surface area contributed by atoms with Crippen LogP contribution in [0.3, 0.4) is 0 Å². The van der Waals surface area contributed by atoms with Gasteiger partial charge in [0.15, 0.2) is 14.7 Å². The lowest BCUT2D eigenvalue weighted by Crippen LogP contribution is -2.74. The van der Waals surface area contributed by atoms with Crippen molar-refractivity contribution in [2.45, 2.75) is 14.7 Å². The molecule has 0 unspecified atom stereocenters. The summed E-state index contributed by atoms with van der Waals surface area (Å²) in [6.07, 6.45) is -1.22. The number of rotatable bonds is 9. The van der Waals surface area contributed by atoms with Crippen LogP contribution < -0.4 is 31.3 Å². The van der Waals surface area contributed by atoms with E-state index in [0.717, 1.165) is 11.5 Å². The summed E-state index contributed by atoms with van der Waals surface area (Å²) in [7, 11) is 3.23. The molecule has 0 heterocycles. The predicted octanol–water partition coefficient (Wildman–Crippen LogP) is 7.86. The molecule has 4 heteroatoms. The molecule has 0 fully saturated rings. The molecule has 0 saturated carbocycles. The Morgan fingerprint density at radius 3 is 0.833 bits per heavy atom. The lowest BCUT2D eigenvalue weighted by molar-refractivity contribution is 0.414. The van der Waals surface area contributed by atoms with E-state index in [9.17, 15) is 0 Å². The van der Waals surface area contributed by atoms with Crippen molar-refractivity contribution in [3.63, 3.8) is 0 Å². The van der Waals surface area contributed by atoms with E-state index < -0.39 is 6.15 Å². The monoisotopic (exact) mass is 642 g/mol. The van der Waals surface area contributed by atoms with Gasteiger partial charge in [0.1, 0.15) is 17.6 Å². The number of benzene rings is 7. The van der Waals surface area contributed by atoms with Crippen molar-refractivity contribution in [2.75, 3.05) is 14.2 Å². The molecule has 7 rings (SSSR count). The van der Waals surface area contributed by atoms with Crippen molar-refractivity contribution in [3.8, 4) is 11.5 Å². The largest absolute Gasteiger partial charge is 0.497 e. The summed E-state index contributed by atoms with van der Waals surface area (Å²) in [6, 6.07) is 70.7. The molecule has 0 saturated heterocycles. The first kappa shape index (κ1) is 32.5. The number of hydrogen-bond donors (Lipinski definition) is 0. The zero-order valence-corrected chi connectivity index (χ0v) is 28.2. The second kappa shape index (κ2) is 15.9. The van der Waals surface area contributed by atoms with Crippen molar-refractivity contribution in [2.24, 2.45) is 0 Å². The van der Waals surface area contributed by atoms with Crippen molar-refractivity contribution in [1.29, 1.82) is 0 Å². The fraction of sp³-hybridized carbons (Fsp3) is 0.0455. The van der Waals surface area contributed by atoms with E-state index in [-0.39, 0.29) is 10.9 Å². The van der Waals surface area contributed by atoms with Gasteiger partial charge >= 0.3 is 0 Å². The Morgan fingerprint density at radius 2 is 0.562 bits per heavy atom. The van der Waals surface area contributed by atoms with Crippen LogP contribution in [0.15, 0.2) is 215 Å². The predicted molar refractivity (Wildman–Crippen MR) is 205 cm³/mol. The van der Waals surface area contributed by atoms with Gasteiger partial charge in [-0.05, 0) is 60.7 Å². The standard InChI is InChI=1S/C24H20B.C20H19O2S/c1-5-13-21(14-6-1)25(22-15-7-2-8-16-22,23-17-9-3-10-18-23)24-19-11-4-12-20-24;1-21-16-8-12-19(13-9-16)23(18-6-4-3-5-7-18)20-14-10-17(22-2)11-15-20/h1-20H;3-15H,1-2H3/q-1;+1. The van der Waals surface area contributed by atoms with E-state index in [1.54, 1.807) is 14.2 Å². The molecule has 0 bridgehead atoms. The van der Waals surface area contributed by atoms with Gasteiger partial charge in [0, 0.05) is 0 Å². The van der Waals surface area contributed by atoms with Gasteiger partial charge in [0.2, 0.25) is 0 Å². The SMILES string of the molecule is COc1ccc([S+](c2ccccc2)c2ccc(OC)cc2)cc1.c1ccc([B-](c2ccccc2)(c2ccccc2)c2ccccc2)cc1. The third-order valence-corrected chi connectivity index (χ3v) is 11.0. The van der Waals surface area contributed by atoms with Crippen molar-refractivity contribution < 1.29 is 9.47 Å². The molecule has 0 aliphatic rings. The highest BCUT2D eigenvalue weighted by Gasteiger charge is 2.31. The van der Waals surface area contributed by atoms with Gasteiger partial charge in [-0.25, -0.2) is 0 Å². The second-order valence-electron chi connectivity index (χ2n) is 11.5. The normalized spacial score (nSPS) is 10.9. The molecule has 0 N–H and O–H groups in total. The highest BCUT2D eigenvalue weighted by Crippen LogP contribution is 2.32. The smallest absolute Gasteiger partial charge is 0.166 e. The van der Waals surface area contributed by atoms with Crippen molar-refractivity contribution >= 4 is 38.9 Å². The van der Waals surface area contributed by atoms with Crippen LogP contribution in [0.4, 0.5) is 0 Å². The Bertz CT molecular complexity index is 1740. The van der Waals surface area contributed by atoms with Crippen LogP contribution in [-0.2, 0) is 10.9 Å². The van der Waals surface area contributed by atoms with E-state index >= 15 is 0 Å². The Balaban J connectivity index is 0.000000168. The molecular formula is C44H39BO2S. The summed E-state index contributed by atoms with van der Waals surface area (Å²) in [5.74, 6) is 1.75. The lowest BCUT2D eigenvalue weighted by Gasteiger charge is -2.44. The molecule has 0 aliphatic carbocycles. The number of methoxy groups -OCH3 is 2. The maximum Gasteiger partial charge on any atom is 0.166 e. The quantitative estimate of drug-likeness (QED) is 0.118. The molecule has 0 radical (unpaired) electrons. The summed E-state index contributed by atoms with van der Waals surface area (Å²) in [4.78, 5) is 3.83. The van der Waals surface area contributed by atoms with Crippen LogP contribution in [0.1, 0.15) is 0 Å². The average molecular weight is 643 g/mol. The minimum Gasteiger partial charge on any atom is -0.497 e. The van der Waals surface area contributed by atoms with Crippen molar-refractivity contribution in [1.82, 2.24) is 0 Å². The Labute approximate surface area is 287 Å². The molecule has 7 aromatic carbocycles. The first-order valence-electron chi connectivity index (χ1n) is 16.2. The lowest BCUT2D eigenvalue weighted by atomic mass is 9.13. The summed E-state index contributed by atoms with van der Waals surface area (Å²) in [6.45, 7) is 0. The Hall–Kier alpha value is -5.45. The first-order valence-corrected chi connectivity index (χ1v) is 17.4. The van der Waals surface area contributed by atoms with Gasteiger partial charge in [0.05, 0.1) is 25.1 Å². The van der Waals surface area contributed by atoms with Gasteiger partial charge in [-0.2, -0.15) is 21.9 Å². The minimum atomic E-state index is -1.22. The van der Waals surface area contributed by atoms with E-state index in [1.165, 1.54) is 36.5 Å². The summed E-state index contributed by atoms with van der Waals surface area (Å²) >= 11 is 0. The highest BCUT2D eigenvalue weighted by atomic mass is 32.2. The summed E-state index contributed by atoms with van der Waals surface area (Å²) in [5, 5.41) is 0. The molecule has 236 valence electrons. The molecule has 0 spiro atoms. The Morgan fingerprint density at radius 1 is 0.312 bits per heavy atom. The zero-order valence-electron chi connectivity index (χ0n) is 27.4. The van der Waals surface area contributed by atoms with Gasteiger partial charge in [-0.15, -0.1) is 0 Å². The number of ether oxygens (including phenoxy) is 2. The maximum atomic E-state index is 5.28. The summed E-state index contributed by atoms with van der Waals surface area (Å²) < 4.78 is 10.6. The van der Waals surface area contributed by atoms with E-state index in [1.807, 2.05) is 30.3 Å². The molecule has 7 aromatic rings. The number of hydrogen-bond acceptors (Lipinski definition) is 2. The van der Waals surface area contributed by atoms with Crippen LogP contribution in [0.5, 0.6) is 11.5 Å². The fourth-order valence-corrected chi connectivity index (χ4v) is 8.57. The van der Waals surface area contributed by atoms with E-state index in [2.05, 4.69) is 170 Å².